The predicted molar refractivity (Wildman–Crippen MR) is 61.9 cm³/mol. The number of hydrogen-bond donors (Lipinski definition) is 2. The van der Waals surface area contributed by atoms with Crippen molar-refractivity contribution in [3.63, 3.8) is 0 Å². The van der Waals surface area contributed by atoms with E-state index in [4.69, 9.17) is 5.73 Å². The van der Waals surface area contributed by atoms with Crippen molar-refractivity contribution < 1.29 is 22.0 Å². The second-order valence-electron chi connectivity index (χ2n) is 4.65. The van der Waals surface area contributed by atoms with Gasteiger partial charge in [0.05, 0.1) is 14.1 Å². The van der Waals surface area contributed by atoms with E-state index in [0.717, 1.165) is 6.54 Å². The third-order valence-corrected chi connectivity index (χ3v) is 2.73. The fraction of sp³-hybridized carbons (Fsp3) is 0.500. The molecule has 92 valence electrons. The lowest BCUT2D eigenvalue weighted by Crippen LogP contribution is -3.00. The van der Waals surface area contributed by atoms with Gasteiger partial charge in [0.15, 0.2) is 6.17 Å². The highest BCUT2D eigenvalue weighted by molar-refractivity contribution is 5.13. The number of aliphatic hydroxyl groups excluding tert-OH is 1. The van der Waals surface area contributed by atoms with Crippen LogP contribution in [0.25, 0.3) is 0 Å². The summed E-state index contributed by atoms with van der Waals surface area (Å²) in [5.41, 5.74) is 7.20. The maximum absolute atomic E-state index is 9.49. The van der Waals surface area contributed by atoms with Gasteiger partial charge in [-0.05, 0) is 6.92 Å². The summed E-state index contributed by atoms with van der Waals surface area (Å²) < 4.78 is 0.585. The Balaban J connectivity index is 0.00000225. The molecule has 0 bridgehead atoms. The highest BCUT2D eigenvalue weighted by atomic mass is 35.5. The average molecular weight is 245 g/mol. The third-order valence-electron chi connectivity index (χ3n) is 2.73. The number of quaternary nitrogens is 1. The molecule has 0 aliphatic heterocycles. The molecule has 0 aromatic heterocycles. The first-order chi connectivity index (χ1) is 6.93. The molecule has 2 atom stereocenters. The maximum atomic E-state index is 9.49. The fourth-order valence-corrected chi connectivity index (χ4v) is 1.74. The summed E-state index contributed by atoms with van der Waals surface area (Å²) in [5, 5.41) is 9.49. The van der Waals surface area contributed by atoms with Gasteiger partial charge in [0, 0.05) is 5.56 Å². The molecule has 16 heavy (non-hydrogen) atoms. The summed E-state index contributed by atoms with van der Waals surface area (Å²) in [7, 11) is 4.06. The first-order valence-electron chi connectivity index (χ1n) is 5.24. The van der Waals surface area contributed by atoms with Gasteiger partial charge in [-0.25, -0.2) is 0 Å². The largest absolute Gasteiger partial charge is 1.00 e. The summed E-state index contributed by atoms with van der Waals surface area (Å²) in [6.45, 7) is 2.56. The molecule has 0 saturated carbocycles. The van der Waals surface area contributed by atoms with Crippen LogP contribution in [0.5, 0.6) is 0 Å². The lowest BCUT2D eigenvalue weighted by Gasteiger charge is -2.37. The first kappa shape index (κ1) is 15.4. The molecule has 1 aromatic rings. The number of aliphatic hydroxyl groups is 1. The molecule has 3 N–H and O–H groups in total. The van der Waals surface area contributed by atoms with Crippen LogP contribution in [0, 0.1) is 0 Å². The molecule has 0 aliphatic rings. The zero-order valence-electron chi connectivity index (χ0n) is 10.1. The van der Waals surface area contributed by atoms with Crippen molar-refractivity contribution in [1.82, 2.24) is 0 Å². The Morgan fingerprint density at radius 1 is 1.25 bits per heavy atom. The van der Waals surface area contributed by atoms with Crippen molar-refractivity contribution in [3.05, 3.63) is 35.9 Å². The first-order valence-corrected chi connectivity index (χ1v) is 5.24. The van der Waals surface area contributed by atoms with Crippen LogP contribution in [0.15, 0.2) is 30.3 Å². The van der Waals surface area contributed by atoms with Gasteiger partial charge >= 0.3 is 0 Å². The molecule has 0 heterocycles. The molecular formula is C12H21ClN2O. The van der Waals surface area contributed by atoms with E-state index >= 15 is 0 Å². The second-order valence-corrected chi connectivity index (χ2v) is 4.65. The number of nitrogens with two attached hydrogens (primary N) is 1. The van der Waals surface area contributed by atoms with Crippen LogP contribution in [-0.2, 0) is 6.54 Å². The van der Waals surface area contributed by atoms with E-state index in [0.29, 0.717) is 4.48 Å². The number of benzene rings is 1. The zero-order chi connectivity index (χ0) is 11.5. The van der Waals surface area contributed by atoms with Crippen molar-refractivity contribution in [3.8, 4) is 0 Å². The van der Waals surface area contributed by atoms with Gasteiger partial charge in [0.1, 0.15) is 12.6 Å². The van der Waals surface area contributed by atoms with E-state index in [-0.39, 0.29) is 18.6 Å². The smallest absolute Gasteiger partial charge is 0.166 e. The van der Waals surface area contributed by atoms with Gasteiger partial charge in [-0.1, -0.05) is 30.3 Å². The van der Waals surface area contributed by atoms with Crippen LogP contribution in [-0.4, -0.2) is 36.0 Å². The second kappa shape index (κ2) is 6.21. The number of rotatable bonds is 4. The number of hydrogen-bond acceptors (Lipinski definition) is 2. The van der Waals surface area contributed by atoms with Crippen LogP contribution in [0.3, 0.4) is 0 Å². The zero-order valence-corrected chi connectivity index (χ0v) is 10.9. The monoisotopic (exact) mass is 244 g/mol. The van der Waals surface area contributed by atoms with Crippen molar-refractivity contribution in [2.45, 2.75) is 25.7 Å². The highest BCUT2D eigenvalue weighted by Crippen LogP contribution is 2.13. The van der Waals surface area contributed by atoms with E-state index in [1.807, 2.05) is 32.3 Å². The Kier molecular flexibility index (Phi) is 5.97. The molecule has 0 fully saturated rings. The fourth-order valence-electron chi connectivity index (χ4n) is 1.74. The van der Waals surface area contributed by atoms with Gasteiger partial charge in [0.2, 0.25) is 0 Å². The number of nitrogens with zero attached hydrogens (tertiary/aromatic N) is 1. The molecule has 0 saturated heterocycles. The van der Waals surface area contributed by atoms with E-state index in [1.165, 1.54) is 5.56 Å². The lowest BCUT2D eigenvalue weighted by atomic mass is 10.1. The Bertz CT molecular complexity index is 301. The van der Waals surface area contributed by atoms with Gasteiger partial charge in [-0.15, -0.1) is 0 Å². The molecule has 4 heteroatoms. The van der Waals surface area contributed by atoms with Crippen molar-refractivity contribution in [2.24, 2.45) is 5.73 Å². The Morgan fingerprint density at radius 2 is 1.75 bits per heavy atom. The summed E-state index contributed by atoms with van der Waals surface area (Å²) >= 11 is 0. The van der Waals surface area contributed by atoms with E-state index in [9.17, 15) is 5.11 Å². The Hall–Kier alpha value is -0.610. The van der Waals surface area contributed by atoms with Crippen LogP contribution in [0.2, 0.25) is 0 Å². The van der Waals surface area contributed by atoms with Gasteiger partial charge in [-0.2, -0.15) is 0 Å². The topological polar surface area (TPSA) is 46.2 Å². The Labute approximate surface area is 104 Å². The third kappa shape index (κ3) is 4.10. The summed E-state index contributed by atoms with van der Waals surface area (Å²) in [4.78, 5) is 0. The minimum absolute atomic E-state index is 0. The molecule has 1 rings (SSSR count). The standard InChI is InChI=1S/C12H21N2O.ClH/c1-10(15)12(13)14(2,3)9-11-7-5-4-6-8-11;/h4-8,10,12,15H,9,13H2,1-3H3;1H/q+1;/p-1. The minimum atomic E-state index is -0.497. The predicted octanol–water partition coefficient (Wildman–Crippen LogP) is -2.07. The maximum Gasteiger partial charge on any atom is 0.166 e. The van der Waals surface area contributed by atoms with E-state index in [1.54, 1.807) is 6.92 Å². The normalized spacial score (nSPS) is 15.1. The SMILES string of the molecule is CC(O)C(N)[N+](C)(C)Cc1ccccc1.[Cl-]. The molecule has 2 unspecified atom stereocenters. The summed E-state index contributed by atoms with van der Waals surface area (Å²) in [5.74, 6) is 0. The van der Waals surface area contributed by atoms with Gasteiger partial charge < -0.3 is 22.0 Å². The van der Waals surface area contributed by atoms with Gasteiger partial charge in [-0.3, -0.25) is 5.73 Å². The van der Waals surface area contributed by atoms with Crippen molar-refractivity contribution in [2.75, 3.05) is 14.1 Å². The molecule has 0 spiro atoms. The van der Waals surface area contributed by atoms with Crippen LogP contribution in [0.4, 0.5) is 0 Å². The average Bonchev–Trinajstić information content (AvgIpc) is 2.17. The highest BCUT2D eigenvalue weighted by Gasteiger charge is 2.28. The molecule has 0 radical (unpaired) electrons. The van der Waals surface area contributed by atoms with Crippen molar-refractivity contribution in [1.29, 1.82) is 0 Å². The lowest BCUT2D eigenvalue weighted by molar-refractivity contribution is -0.931. The Morgan fingerprint density at radius 3 is 2.19 bits per heavy atom. The van der Waals surface area contributed by atoms with E-state index < -0.39 is 6.10 Å². The minimum Gasteiger partial charge on any atom is -1.00 e. The molecular weight excluding hydrogens is 224 g/mol. The van der Waals surface area contributed by atoms with Crippen molar-refractivity contribution >= 4 is 0 Å². The summed E-state index contributed by atoms with van der Waals surface area (Å²) in [6, 6.07) is 10.2. The van der Waals surface area contributed by atoms with Crippen LogP contribution in [0.1, 0.15) is 12.5 Å². The number of likely N-dealkylation sites (N-methyl/N-ethyl adjacent to an activating group) is 1. The van der Waals surface area contributed by atoms with Crippen LogP contribution < -0.4 is 18.1 Å². The van der Waals surface area contributed by atoms with Crippen LogP contribution >= 0.6 is 0 Å². The molecule has 3 nitrogen and oxygen atoms in total. The molecule has 1 aromatic carbocycles. The number of halogens is 1. The molecule has 0 amide bonds. The van der Waals surface area contributed by atoms with Gasteiger partial charge in [0.25, 0.3) is 0 Å². The molecule has 0 aliphatic carbocycles. The summed E-state index contributed by atoms with van der Waals surface area (Å²) in [6.07, 6.45) is -0.756. The van der Waals surface area contributed by atoms with E-state index in [2.05, 4.69) is 12.1 Å². The quantitative estimate of drug-likeness (QED) is 0.473.